The van der Waals surface area contributed by atoms with Crippen molar-refractivity contribution >= 4 is 50.7 Å². The van der Waals surface area contributed by atoms with Crippen LogP contribution in [0.15, 0.2) is 77.7 Å². The van der Waals surface area contributed by atoms with Crippen molar-refractivity contribution in [3.8, 4) is 0 Å². The van der Waals surface area contributed by atoms with Crippen molar-refractivity contribution in [1.82, 2.24) is 10.2 Å². The molecule has 3 rings (SSSR count). The average Bonchev–Trinajstić information content (AvgIpc) is 2.94. The number of amides is 2. The van der Waals surface area contributed by atoms with Gasteiger partial charge in [-0.3, -0.25) is 13.9 Å². The lowest BCUT2D eigenvalue weighted by Gasteiger charge is -2.32. The first-order valence-corrected chi connectivity index (χ1v) is 14.7. The molecule has 2 amide bonds. The van der Waals surface area contributed by atoms with Crippen LogP contribution in [0, 0.1) is 0 Å². The van der Waals surface area contributed by atoms with Gasteiger partial charge >= 0.3 is 6.18 Å². The van der Waals surface area contributed by atoms with E-state index in [1.807, 2.05) is 6.92 Å². The Morgan fingerprint density at radius 3 is 2.20 bits per heavy atom. The highest BCUT2D eigenvalue weighted by atomic mass is 35.5. The zero-order valence-corrected chi connectivity index (χ0v) is 24.5. The van der Waals surface area contributed by atoms with Gasteiger partial charge in [0.15, 0.2) is 0 Å². The molecule has 0 aliphatic carbocycles. The largest absolute Gasteiger partial charge is 0.417 e. The number of sulfonamides is 1. The highest BCUT2D eigenvalue weighted by Crippen LogP contribution is 2.38. The quantitative estimate of drug-likeness (QED) is 0.276. The molecule has 13 heteroatoms. The third-order valence-corrected chi connectivity index (χ3v) is 8.51. The van der Waals surface area contributed by atoms with Gasteiger partial charge in [-0.15, -0.1) is 0 Å². The van der Waals surface area contributed by atoms with Crippen LogP contribution in [0.1, 0.15) is 31.4 Å². The molecule has 220 valence electrons. The number of carbonyl (C=O) groups is 2. The van der Waals surface area contributed by atoms with Crippen molar-refractivity contribution in [2.45, 2.75) is 43.9 Å². The van der Waals surface area contributed by atoms with Crippen LogP contribution in [-0.2, 0) is 32.3 Å². The molecule has 0 fully saturated rings. The molecule has 7 nitrogen and oxygen atoms in total. The molecule has 0 saturated carbocycles. The van der Waals surface area contributed by atoms with Gasteiger partial charge in [0.05, 0.1) is 21.2 Å². The molecule has 0 spiro atoms. The van der Waals surface area contributed by atoms with Crippen LogP contribution >= 0.6 is 23.2 Å². The summed E-state index contributed by atoms with van der Waals surface area (Å²) in [7, 11) is -4.54. The van der Waals surface area contributed by atoms with E-state index in [-0.39, 0.29) is 11.4 Å². The van der Waals surface area contributed by atoms with E-state index in [1.54, 1.807) is 30.3 Å². The first kappa shape index (κ1) is 32.2. The van der Waals surface area contributed by atoms with Gasteiger partial charge in [-0.2, -0.15) is 13.2 Å². The minimum absolute atomic E-state index is 0.0929. The summed E-state index contributed by atoms with van der Waals surface area (Å²) >= 11 is 11.7. The van der Waals surface area contributed by atoms with Crippen LogP contribution in [-0.4, -0.2) is 44.3 Å². The average molecular weight is 631 g/mol. The summed E-state index contributed by atoms with van der Waals surface area (Å²) in [5, 5.41) is 2.53. The van der Waals surface area contributed by atoms with Gasteiger partial charge in [-0.05, 0) is 61.4 Å². The Balaban J connectivity index is 2.09. The third-order valence-electron chi connectivity index (χ3n) is 6.14. The number of hydrogen-bond acceptors (Lipinski definition) is 4. The van der Waals surface area contributed by atoms with E-state index in [1.165, 1.54) is 36.1 Å². The summed E-state index contributed by atoms with van der Waals surface area (Å²) in [4.78, 5) is 27.6. The highest BCUT2D eigenvalue weighted by Gasteiger charge is 2.36. The number of rotatable bonds is 11. The summed E-state index contributed by atoms with van der Waals surface area (Å²) in [6.07, 6.45) is -4.24. The molecule has 0 aliphatic heterocycles. The fraction of sp³-hybridized carbons (Fsp3) is 0.286. The first-order valence-electron chi connectivity index (χ1n) is 12.5. The lowest BCUT2D eigenvalue weighted by atomic mass is 10.1. The number of hydrogen-bond donors (Lipinski definition) is 1. The van der Waals surface area contributed by atoms with E-state index < -0.39 is 56.9 Å². The van der Waals surface area contributed by atoms with Crippen LogP contribution in [0.25, 0.3) is 0 Å². The predicted molar refractivity (Wildman–Crippen MR) is 152 cm³/mol. The fourth-order valence-corrected chi connectivity index (χ4v) is 5.68. The van der Waals surface area contributed by atoms with Crippen LogP contribution in [0.3, 0.4) is 0 Å². The Bertz CT molecular complexity index is 1470. The zero-order valence-electron chi connectivity index (χ0n) is 22.2. The molecule has 0 unspecified atom stereocenters. The van der Waals surface area contributed by atoms with Crippen molar-refractivity contribution in [1.29, 1.82) is 0 Å². The number of alkyl halides is 3. The van der Waals surface area contributed by atoms with E-state index in [0.717, 1.165) is 12.1 Å². The number of benzene rings is 3. The molecule has 0 saturated heterocycles. The van der Waals surface area contributed by atoms with E-state index in [0.29, 0.717) is 33.9 Å². The lowest BCUT2D eigenvalue weighted by molar-refractivity contribution is -0.139. The van der Waals surface area contributed by atoms with Gasteiger partial charge in [-0.25, -0.2) is 8.42 Å². The van der Waals surface area contributed by atoms with E-state index in [4.69, 9.17) is 23.2 Å². The molecule has 0 aliphatic rings. The molecule has 41 heavy (non-hydrogen) atoms. The molecule has 1 atom stereocenters. The van der Waals surface area contributed by atoms with Gasteiger partial charge in [0.25, 0.3) is 10.0 Å². The highest BCUT2D eigenvalue weighted by molar-refractivity contribution is 7.92. The SMILES string of the molecule is CCCNC(=O)[C@@H](C)N(Cc1ccc(Cl)cc1)C(=O)CN(c1ccc(Cl)c(C(F)(F)F)c1)S(=O)(=O)c1ccccc1. The number of anilines is 1. The molecule has 0 heterocycles. The fourth-order valence-electron chi connectivity index (χ4n) is 3.90. The Morgan fingerprint density at radius 1 is 0.976 bits per heavy atom. The second kappa shape index (κ2) is 13.6. The van der Waals surface area contributed by atoms with Crippen LogP contribution in [0.5, 0.6) is 0 Å². The van der Waals surface area contributed by atoms with Crippen LogP contribution in [0.2, 0.25) is 10.0 Å². The maximum absolute atomic E-state index is 13.8. The topological polar surface area (TPSA) is 86.8 Å². The Kier molecular flexibility index (Phi) is 10.7. The Morgan fingerprint density at radius 2 is 1.61 bits per heavy atom. The van der Waals surface area contributed by atoms with Crippen LogP contribution < -0.4 is 9.62 Å². The monoisotopic (exact) mass is 629 g/mol. The van der Waals surface area contributed by atoms with Gasteiger partial charge in [-0.1, -0.05) is 60.5 Å². The number of nitrogens with one attached hydrogen (secondary N) is 1. The summed E-state index contributed by atoms with van der Waals surface area (Å²) in [5.74, 6) is -1.29. The minimum atomic E-state index is -4.88. The van der Waals surface area contributed by atoms with Gasteiger partial charge < -0.3 is 10.2 Å². The second-order valence-electron chi connectivity index (χ2n) is 9.10. The maximum atomic E-state index is 13.8. The minimum Gasteiger partial charge on any atom is -0.354 e. The summed E-state index contributed by atoms with van der Waals surface area (Å²) in [6, 6.07) is 15.0. The standard InChI is InChI=1S/C28H28Cl2F3N3O4S/c1-3-15-34-27(38)19(2)35(17-20-9-11-21(29)12-10-20)26(37)18-36(41(39,40)23-7-5-4-6-8-23)22-13-14-25(30)24(16-22)28(31,32)33/h4-14,16,19H,3,15,17-18H2,1-2H3,(H,34,38)/t19-/m1/s1. The van der Waals surface area contributed by atoms with E-state index in [2.05, 4.69) is 5.32 Å². The second-order valence-corrected chi connectivity index (χ2v) is 11.8. The molecular formula is C28H28Cl2F3N3O4S. The summed E-state index contributed by atoms with van der Waals surface area (Å²) in [6.45, 7) is 2.71. The molecular weight excluding hydrogens is 602 g/mol. The molecule has 0 radical (unpaired) electrons. The molecule has 3 aromatic rings. The number of nitrogens with zero attached hydrogens (tertiary/aromatic N) is 2. The van der Waals surface area contributed by atoms with Crippen molar-refractivity contribution < 1.29 is 31.2 Å². The predicted octanol–water partition coefficient (Wildman–Crippen LogP) is 6.15. The maximum Gasteiger partial charge on any atom is 0.417 e. The van der Waals surface area contributed by atoms with E-state index in [9.17, 15) is 31.2 Å². The van der Waals surface area contributed by atoms with Crippen molar-refractivity contribution in [3.63, 3.8) is 0 Å². The third kappa shape index (κ3) is 8.15. The van der Waals surface area contributed by atoms with Crippen molar-refractivity contribution in [2.24, 2.45) is 0 Å². The normalized spacial score (nSPS) is 12.5. The molecule has 3 aromatic carbocycles. The summed E-state index contributed by atoms with van der Waals surface area (Å²) < 4.78 is 69.1. The summed E-state index contributed by atoms with van der Waals surface area (Å²) in [5.41, 5.74) is -1.09. The Labute approximate surface area is 246 Å². The smallest absolute Gasteiger partial charge is 0.354 e. The molecule has 0 aromatic heterocycles. The Hall–Kier alpha value is -3.28. The zero-order chi connectivity index (χ0) is 30.4. The molecule has 1 N–H and O–H groups in total. The number of carbonyl (C=O) groups excluding carboxylic acids is 2. The van der Waals surface area contributed by atoms with Gasteiger partial charge in [0, 0.05) is 18.1 Å². The molecule has 0 bridgehead atoms. The van der Waals surface area contributed by atoms with Crippen molar-refractivity contribution in [2.75, 3.05) is 17.4 Å². The van der Waals surface area contributed by atoms with Gasteiger partial charge in [0.1, 0.15) is 12.6 Å². The number of halogens is 5. The van der Waals surface area contributed by atoms with Crippen LogP contribution in [0.4, 0.5) is 18.9 Å². The van der Waals surface area contributed by atoms with Gasteiger partial charge in [0.2, 0.25) is 11.8 Å². The van der Waals surface area contributed by atoms with E-state index >= 15 is 0 Å². The van der Waals surface area contributed by atoms with Crippen molar-refractivity contribution in [3.05, 3.63) is 94.0 Å². The lowest BCUT2D eigenvalue weighted by Crippen LogP contribution is -2.51. The first-order chi connectivity index (χ1) is 19.3.